The molecule has 2 aliphatic heterocycles. The molecular weight excluding hydrogens is 506 g/mol. The van der Waals surface area contributed by atoms with Gasteiger partial charge in [0.1, 0.15) is 0 Å². The Bertz CT molecular complexity index is 1160. The third kappa shape index (κ3) is 5.87. The smallest absolute Gasteiger partial charge is 0.341 e. The summed E-state index contributed by atoms with van der Waals surface area (Å²) < 4.78 is 78.7. The highest BCUT2D eigenvalue weighted by Crippen LogP contribution is 2.49. The second-order valence-electron chi connectivity index (χ2n) is 11.2. The molecule has 5 rings (SSSR count). The Morgan fingerprint density at radius 1 is 0.816 bits per heavy atom. The SMILES string of the molecule is Cc1ccc(C(F)(F)F)cc1C1CCC2CCN(C(=O)[C@H]3C[C@H]3c3ccc(C(F)(F)F)cc3)CCN(C2)C1. The van der Waals surface area contributed by atoms with E-state index >= 15 is 0 Å². The molecule has 3 unspecified atom stereocenters. The Labute approximate surface area is 218 Å². The summed E-state index contributed by atoms with van der Waals surface area (Å²) in [4.78, 5) is 17.5. The van der Waals surface area contributed by atoms with E-state index in [2.05, 4.69) is 4.90 Å². The van der Waals surface area contributed by atoms with Crippen LogP contribution in [0.15, 0.2) is 42.5 Å². The number of hydrogen-bond acceptors (Lipinski definition) is 2. The van der Waals surface area contributed by atoms with Crippen molar-refractivity contribution in [2.45, 2.75) is 56.8 Å². The van der Waals surface area contributed by atoms with E-state index in [4.69, 9.17) is 0 Å². The van der Waals surface area contributed by atoms with Crippen LogP contribution in [0.2, 0.25) is 0 Å². The minimum atomic E-state index is -4.38. The van der Waals surface area contributed by atoms with Gasteiger partial charge in [-0.05, 0) is 91.3 Å². The number of carbonyl (C=O) groups excluding carboxylic acids is 1. The predicted molar refractivity (Wildman–Crippen MR) is 132 cm³/mol. The van der Waals surface area contributed by atoms with Crippen molar-refractivity contribution in [2.24, 2.45) is 11.8 Å². The first-order chi connectivity index (χ1) is 17.9. The van der Waals surface area contributed by atoms with Crippen LogP contribution in [0.4, 0.5) is 26.3 Å². The largest absolute Gasteiger partial charge is 0.416 e. The molecule has 3 fully saturated rings. The van der Waals surface area contributed by atoms with Gasteiger partial charge in [0.05, 0.1) is 11.1 Å². The number of hydrogen-bond donors (Lipinski definition) is 0. The second kappa shape index (κ2) is 10.2. The zero-order chi connectivity index (χ0) is 27.2. The molecule has 3 nitrogen and oxygen atoms in total. The molecule has 0 radical (unpaired) electrons. The van der Waals surface area contributed by atoms with Gasteiger partial charge in [0, 0.05) is 38.6 Å². The maximum atomic E-state index is 13.4. The molecule has 1 saturated carbocycles. The summed E-state index contributed by atoms with van der Waals surface area (Å²) in [7, 11) is 0. The van der Waals surface area contributed by atoms with Crippen LogP contribution in [0.3, 0.4) is 0 Å². The normalized spacial score (nSPS) is 28.3. The molecule has 0 aromatic heterocycles. The van der Waals surface area contributed by atoms with Gasteiger partial charge in [0.25, 0.3) is 0 Å². The topological polar surface area (TPSA) is 23.6 Å². The summed E-state index contributed by atoms with van der Waals surface area (Å²) in [6.07, 6.45) is -5.56. The minimum absolute atomic E-state index is 0.0111. The first kappa shape index (κ1) is 27.0. The summed E-state index contributed by atoms with van der Waals surface area (Å²) in [6, 6.07) is 9.12. The number of rotatable bonds is 3. The summed E-state index contributed by atoms with van der Waals surface area (Å²) in [5.74, 6) is 0.179. The fraction of sp³-hybridized carbons (Fsp3) is 0.552. The third-order valence-corrected chi connectivity index (χ3v) is 8.54. The van der Waals surface area contributed by atoms with E-state index < -0.39 is 23.5 Å². The van der Waals surface area contributed by atoms with Gasteiger partial charge < -0.3 is 9.80 Å². The van der Waals surface area contributed by atoms with Crippen molar-refractivity contribution in [3.05, 3.63) is 70.3 Å². The molecule has 3 aliphatic rings. The average molecular weight is 539 g/mol. The molecule has 1 amide bonds. The van der Waals surface area contributed by atoms with E-state index in [0.717, 1.165) is 60.7 Å². The molecule has 5 atom stereocenters. The van der Waals surface area contributed by atoms with Crippen molar-refractivity contribution in [1.29, 1.82) is 0 Å². The number of benzene rings is 2. The van der Waals surface area contributed by atoms with Gasteiger partial charge in [-0.25, -0.2) is 0 Å². The lowest BCUT2D eigenvalue weighted by Gasteiger charge is -2.34. The molecule has 206 valence electrons. The first-order valence-electron chi connectivity index (χ1n) is 13.3. The maximum Gasteiger partial charge on any atom is 0.416 e. The molecule has 38 heavy (non-hydrogen) atoms. The summed E-state index contributed by atoms with van der Waals surface area (Å²) in [5.41, 5.74) is 1.09. The molecule has 2 heterocycles. The molecule has 2 aromatic rings. The van der Waals surface area contributed by atoms with Crippen LogP contribution in [0.1, 0.15) is 65.3 Å². The monoisotopic (exact) mass is 538 g/mol. The van der Waals surface area contributed by atoms with Crippen molar-refractivity contribution < 1.29 is 31.1 Å². The maximum absolute atomic E-state index is 13.4. The van der Waals surface area contributed by atoms with Crippen molar-refractivity contribution in [1.82, 2.24) is 9.80 Å². The van der Waals surface area contributed by atoms with Gasteiger partial charge in [0.2, 0.25) is 5.91 Å². The van der Waals surface area contributed by atoms with Crippen LogP contribution < -0.4 is 0 Å². The van der Waals surface area contributed by atoms with E-state index in [-0.39, 0.29) is 23.7 Å². The zero-order valence-corrected chi connectivity index (χ0v) is 21.3. The van der Waals surface area contributed by atoms with Gasteiger partial charge in [-0.3, -0.25) is 4.79 Å². The van der Waals surface area contributed by atoms with Crippen molar-refractivity contribution in [3.63, 3.8) is 0 Å². The molecule has 2 saturated heterocycles. The van der Waals surface area contributed by atoms with E-state index in [0.29, 0.717) is 38.5 Å². The summed E-state index contributed by atoms with van der Waals surface area (Å²) in [5, 5.41) is 0. The Balaban J connectivity index is 1.23. The molecule has 9 heteroatoms. The van der Waals surface area contributed by atoms with Gasteiger partial charge in [-0.15, -0.1) is 0 Å². The standard InChI is InChI=1S/C29H32F6N2O/c1-18-2-7-23(29(33,34)35)14-24(18)21-4-3-19-10-11-37(13-12-36(16-19)17-21)27(38)26-15-25(26)20-5-8-22(9-6-20)28(30,31)32/h2,5-9,14,19,21,25-26H,3-4,10-13,15-17H2,1H3/t19?,21?,25-,26-/m0/s1. The van der Waals surface area contributed by atoms with Crippen LogP contribution >= 0.6 is 0 Å². The number of amides is 1. The summed E-state index contributed by atoms with van der Waals surface area (Å²) in [6.45, 7) is 5.27. The molecule has 2 bridgehead atoms. The number of carbonyl (C=O) groups is 1. The fourth-order valence-corrected chi connectivity index (χ4v) is 6.22. The highest BCUT2D eigenvalue weighted by atomic mass is 19.4. The van der Waals surface area contributed by atoms with Gasteiger partial charge in [0.15, 0.2) is 0 Å². The average Bonchev–Trinajstić information content (AvgIpc) is 3.66. The lowest BCUT2D eigenvalue weighted by Crippen LogP contribution is -2.45. The van der Waals surface area contributed by atoms with Gasteiger partial charge in [-0.1, -0.05) is 18.2 Å². The molecule has 0 spiro atoms. The van der Waals surface area contributed by atoms with E-state index in [1.54, 1.807) is 6.07 Å². The van der Waals surface area contributed by atoms with E-state index in [1.807, 2.05) is 11.8 Å². The Morgan fingerprint density at radius 3 is 2.18 bits per heavy atom. The Kier molecular flexibility index (Phi) is 7.26. The van der Waals surface area contributed by atoms with E-state index in [1.165, 1.54) is 18.2 Å². The minimum Gasteiger partial charge on any atom is -0.341 e. The fourth-order valence-electron chi connectivity index (χ4n) is 6.22. The number of aryl methyl sites for hydroxylation is 1. The van der Waals surface area contributed by atoms with Crippen LogP contribution in [0.25, 0.3) is 0 Å². The van der Waals surface area contributed by atoms with Crippen molar-refractivity contribution in [2.75, 3.05) is 32.7 Å². The third-order valence-electron chi connectivity index (χ3n) is 8.54. The molecule has 1 aliphatic carbocycles. The van der Waals surface area contributed by atoms with Crippen molar-refractivity contribution in [3.8, 4) is 0 Å². The van der Waals surface area contributed by atoms with E-state index in [9.17, 15) is 31.1 Å². The predicted octanol–water partition coefficient (Wildman–Crippen LogP) is 6.86. The molecule has 2 aromatic carbocycles. The summed E-state index contributed by atoms with van der Waals surface area (Å²) >= 11 is 0. The quantitative estimate of drug-likeness (QED) is 0.399. The van der Waals surface area contributed by atoms with Crippen LogP contribution in [-0.2, 0) is 17.1 Å². The molecule has 0 N–H and O–H groups in total. The van der Waals surface area contributed by atoms with Crippen LogP contribution in [0, 0.1) is 18.8 Å². The zero-order valence-electron chi connectivity index (χ0n) is 21.3. The lowest BCUT2D eigenvalue weighted by molar-refractivity contribution is -0.138. The Morgan fingerprint density at radius 2 is 1.50 bits per heavy atom. The highest BCUT2D eigenvalue weighted by Gasteiger charge is 2.46. The van der Waals surface area contributed by atoms with Crippen LogP contribution in [-0.4, -0.2) is 48.4 Å². The molecular formula is C29H32F6N2O. The number of nitrogens with zero attached hydrogens (tertiary/aromatic N) is 2. The first-order valence-corrected chi connectivity index (χ1v) is 13.3. The number of halogens is 6. The number of fused-ring (bicyclic) bond motifs is 2. The number of alkyl halides is 6. The van der Waals surface area contributed by atoms with Crippen molar-refractivity contribution >= 4 is 5.91 Å². The van der Waals surface area contributed by atoms with Gasteiger partial charge in [-0.2, -0.15) is 26.3 Å². The van der Waals surface area contributed by atoms with Crippen LogP contribution in [0.5, 0.6) is 0 Å². The second-order valence-corrected chi connectivity index (χ2v) is 11.2. The lowest BCUT2D eigenvalue weighted by atomic mass is 9.87. The van der Waals surface area contributed by atoms with Gasteiger partial charge >= 0.3 is 12.4 Å². The Hall–Kier alpha value is -2.55. The highest BCUT2D eigenvalue weighted by molar-refractivity contribution is 5.83.